The second kappa shape index (κ2) is 5.70. The molecular formula is C15H19NO2S. The van der Waals surface area contributed by atoms with Crippen molar-refractivity contribution in [1.82, 2.24) is 4.57 Å². The van der Waals surface area contributed by atoms with Crippen molar-refractivity contribution >= 4 is 28.6 Å². The number of aryl methyl sites for hydroxylation is 1. The molecule has 0 bridgehead atoms. The van der Waals surface area contributed by atoms with Crippen molar-refractivity contribution in [3.8, 4) is 0 Å². The molecular weight excluding hydrogens is 258 g/mol. The second-order valence-electron chi connectivity index (χ2n) is 4.84. The smallest absolute Gasteiger partial charge is 0.335 e. The van der Waals surface area contributed by atoms with Crippen molar-refractivity contribution in [1.29, 1.82) is 0 Å². The third kappa shape index (κ3) is 2.95. The maximum Gasteiger partial charge on any atom is 0.335 e. The predicted molar refractivity (Wildman–Crippen MR) is 81.0 cm³/mol. The van der Waals surface area contributed by atoms with Crippen molar-refractivity contribution in [3.05, 3.63) is 35.5 Å². The lowest BCUT2D eigenvalue weighted by atomic mass is 10.1. The van der Waals surface area contributed by atoms with Gasteiger partial charge in [-0.15, -0.1) is 0 Å². The highest BCUT2D eigenvalue weighted by molar-refractivity contribution is 7.99. The van der Waals surface area contributed by atoms with Crippen molar-refractivity contribution in [2.75, 3.05) is 0 Å². The van der Waals surface area contributed by atoms with Gasteiger partial charge >= 0.3 is 5.97 Å². The zero-order chi connectivity index (χ0) is 14.0. The van der Waals surface area contributed by atoms with Crippen LogP contribution in [0.4, 0.5) is 0 Å². The van der Waals surface area contributed by atoms with Gasteiger partial charge in [-0.3, -0.25) is 0 Å². The molecule has 1 aromatic heterocycles. The minimum absolute atomic E-state index is 0.350. The maximum atomic E-state index is 11.1. The van der Waals surface area contributed by atoms with Crippen LogP contribution in [-0.2, 0) is 12.3 Å². The van der Waals surface area contributed by atoms with Crippen LogP contribution in [0.3, 0.4) is 0 Å². The van der Waals surface area contributed by atoms with E-state index in [0.29, 0.717) is 10.8 Å². The summed E-state index contributed by atoms with van der Waals surface area (Å²) in [6.45, 7) is 7.30. The number of benzene rings is 1. The van der Waals surface area contributed by atoms with E-state index in [9.17, 15) is 4.79 Å². The Labute approximate surface area is 117 Å². The molecule has 1 N–H and O–H groups in total. The number of carboxylic acids is 1. The summed E-state index contributed by atoms with van der Waals surface area (Å²) in [5.74, 6) is 0.0944. The summed E-state index contributed by atoms with van der Waals surface area (Å²) < 4.78 is 2.12. The van der Waals surface area contributed by atoms with E-state index in [-0.39, 0.29) is 0 Å². The third-order valence-corrected chi connectivity index (χ3v) is 4.27. The van der Waals surface area contributed by atoms with E-state index in [1.54, 1.807) is 12.1 Å². The van der Waals surface area contributed by atoms with Gasteiger partial charge in [0, 0.05) is 29.4 Å². The first kappa shape index (κ1) is 14.0. The number of nitrogens with zero attached hydrogens (tertiary/aromatic N) is 1. The normalized spacial score (nSPS) is 11.4. The fraction of sp³-hybridized carbons (Fsp3) is 0.400. The van der Waals surface area contributed by atoms with Crippen LogP contribution in [-0.4, -0.2) is 20.9 Å². The standard InChI is InChI=1S/C15H19NO2S/c1-4-16-8-12(9-19-10(2)3)13-6-5-11(15(17)18)7-14(13)16/h5-8,10H,4,9H2,1-3H3,(H,17,18). The number of aromatic carboxylic acids is 1. The average Bonchev–Trinajstić information content (AvgIpc) is 2.73. The Hall–Kier alpha value is -1.42. The molecule has 2 aromatic rings. The number of hydrogen-bond acceptors (Lipinski definition) is 2. The SMILES string of the molecule is CCn1cc(CSC(C)C)c2ccc(C(=O)O)cc21. The highest BCUT2D eigenvalue weighted by Gasteiger charge is 2.11. The Morgan fingerprint density at radius 2 is 2.16 bits per heavy atom. The summed E-state index contributed by atoms with van der Waals surface area (Å²) in [5.41, 5.74) is 2.65. The monoisotopic (exact) mass is 277 g/mol. The number of rotatable bonds is 5. The number of fused-ring (bicyclic) bond motifs is 1. The quantitative estimate of drug-likeness (QED) is 0.898. The van der Waals surface area contributed by atoms with Crippen LogP contribution in [0.25, 0.3) is 10.9 Å². The van der Waals surface area contributed by atoms with Gasteiger partial charge in [0.2, 0.25) is 0 Å². The largest absolute Gasteiger partial charge is 0.478 e. The summed E-state index contributed by atoms with van der Waals surface area (Å²) >= 11 is 1.90. The lowest BCUT2D eigenvalue weighted by Gasteiger charge is -2.03. The Kier molecular flexibility index (Phi) is 4.20. The van der Waals surface area contributed by atoms with Crippen LogP contribution in [0.15, 0.2) is 24.4 Å². The maximum absolute atomic E-state index is 11.1. The molecule has 0 saturated heterocycles. The van der Waals surface area contributed by atoms with Crippen molar-refractivity contribution in [3.63, 3.8) is 0 Å². The Balaban J connectivity index is 2.46. The zero-order valence-electron chi connectivity index (χ0n) is 11.5. The van der Waals surface area contributed by atoms with Gasteiger partial charge in [-0.05, 0) is 29.9 Å². The molecule has 0 amide bonds. The molecule has 0 unspecified atom stereocenters. The lowest BCUT2D eigenvalue weighted by molar-refractivity contribution is 0.0697. The van der Waals surface area contributed by atoms with Gasteiger partial charge in [-0.1, -0.05) is 19.9 Å². The van der Waals surface area contributed by atoms with Gasteiger partial charge in [-0.2, -0.15) is 11.8 Å². The highest BCUT2D eigenvalue weighted by Crippen LogP contribution is 2.27. The van der Waals surface area contributed by atoms with Crippen LogP contribution in [0.2, 0.25) is 0 Å². The number of carbonyl (C=O) groups is 1. The van der Waals surface area contributed by atoms with E-state index in [1.165, 1.54) is 10.9 Å². The third-order valence-electron chi connectivity index (χ3n) is 3.12. The van der Waals surface area contributed by atoms with E-state index in [1.807, 2.05) is 17.8 Å². The minimum Gasteiger partial charge on any atom is -0.478 e. The highest BCUT2D eigenvalue weighted by atomic mass is 32.2. The zero-order valence-corrected chi connectivity index (χ0v) is 12.3. The van der Waals surface area contributed by atoms with E-state index >= 15 is 0 Å². The number of carboxylic acid groups (broad SMARTS) is 1. The van der Waals surface area contributed by atoms with Crippen molar-refractivity contribution in [2.24, 2.45) is 0 Å². The van der Waals surface area contributed by atoms with Gasteiger partial charge in [-0.25, -0.2) is 4.79 Å². The molecule has 0 aliphatic rings. The summed E-state index contributed by atoms with van der Waals surface area (Å²) in [5, 5.41) is 10.8. The minimum atomic E-state index is -0.871. The summed E-state index contributed by atoms with van der Waals surface area (Å²) in [6, 6.07) is 5.39. The molecule has 1 heterocycles. The molecule has 0 fully saturated rings. The molecule has 1 aromatic carbocycles. The van der Waals surface area contributed by atoms with E-state index in [2.05, 4.69) is 31.5 Å². The number of aromatic nitrogens is 1. The van der Waals surface area contributed by atoms with Gasteiger partial charge in [0.15, 0.2) is 0 Å². The van der Waals surface area contributed by atoms with Gasteiger partial charge in [0.25, 0.3) is 0 Å². The first-order valence-corrected chi connectivity index (χ1v) is 7.54. The average molecular weight is 277 g/mol. The molecule has 0 radical (unpaired) electrons. The lowest BCUT2D eigenvalue weighted by Crippen LogP contribution is -1.97. The Morgan fingerprint density at radius 3 is 2.74 bits per heavy atom. The fourth-order valence-corrected chi connectivity index (χ4v) is 2.88. The van der Waals surface area contributed by atoms with Gasteiger partial charge < -0.3 is 9.67 Å². The van der Waals surface area contributed by atoms with Crippen molar-refractivity contribution in [2.45, 2.75) is 38.3 Å². The first-order valence-electron chi connectivity index (χ1n) is 6.49. The van der Waals surface area contributed by atoms with Crippen LogP contribution in [0.1, 0.15) is 36.7 Å². The first-order chi connectivity index (χ1) is 9.02. The molecule has 102 valence electrons. The number of hydrogen-bond donors (Lipinski definition) is 1. The van der Waals surface area contributed by atoms with Gasteiger partial charge in [0.1, 0.15) is 0 Å². The molecule has 0 aliphatic carbocycles. The van der Waals surface area contributed by atoms with Crippen LogP contribution in [0, 0.1) is 0 Å². The molecule has 4 heteroatoms. The topological polar surface area (TPSA) is 42.2 Å². The van der Waals surface area contributed by atoms with Crippen LogP contribution < -0.4 is 0 Å². The van der Waals surface area contributed by atoms with Crippen LogP contribution in [0.5, 0.6) is 0 Å². The van der Waals surface area contributed by atoms with Gasteiger partial charge in [0.05, 0.1) is 5.56 Å². The summed E-state index contributed by atoms with van der Waals surface area (Å²) in [6.07, 6.45) is 2.14. The molecule has 0 aliphatic heterocycles. The Morgan fingerprint density at radius 1 is 1.42 bits per heavy atom. The van der Waals surface area contributed by atoms with Crippen LogP contribution >= 0.6 is 11.8 Å². The molecule has 19 heavy (non-hydrogen) atoms. The number of thioether (sulfide) groups is 1. The molecule has 0 spiro atoms. The van der Waals surface area contributed by atoms with E-state index < -0.39 is 5.97 Å². The molecule has 2 rings (SSSR count). The summed E-state index contributed by atoms with van der Waals surface area (Å²) in [7, 11) is 0. The second-order valence-corrected chi connectivity index (χ2v) is 6.40. The van der Waals surface area contributed by atoms with E-state index in [0.717, 1.165) is 17.8 Å². The molecule has 0 saturated carbocycles. The molecule has 0 atom stereocenters. The van der Waals surface area contributed by atoms with E-state index in [4.69, 9.17) is 5.11 Å². The summed E-state index contributed by atoms with van der Waals surface area (Å²) in [4.78, 5) is 11.1. The van der Waals surface area contributed by atoms with Crippen molar-refractivity contribution < 1.29 is 9.90 Å². The fourth-order valence-electron chi connectivity index (χ4n) is 2.13. The Bertz CT molecular complexity index is 601. The predicted octanol–water partition coefficient (Wildman–Crippen LogP) is 4.00. The molecule has 3 nitrogen and oxygen atoms in total.